The van der Waals surface area contributed by atoms with Gasteiger partial charge in [-0.2, -0.15) is 0 Å². The SMILES string of the molecule is NC(=O)C1CCC(NC(=O)Oc2ccccc2)CC1. The van der Waals surface area contributed by atoms with Gasteiger partial charge in [0.2, 0.25) is 5.91 Å². The molecule has 0 spiro atoms. The van der Waals surface area contributed by atoms with Crippen LogP contribution in [0, 0.1) is 5.92 Å². The van der Waals surface area contributed by atoms with E-state index in [1.54, 1.807) is 24.3 Å². The molecule has 1 fully saturated rings. The number of hydrogen-bond acceptors (Lipinski definition) is 3. The molecule has 102 valence electrons. The van der Waals surface area contributed by atoms with Gasteiger partial charge >= 0.3 is 6.09 Å². The van der Waals surface area contributed by atoms with Crippen molar-refractivity contribution >= 4 is 12.0 Å². The second-order valence-electron chi connectivity index (χ2n) is 4.80. The predicted octanol–water partition coefficient (Wildman–Crippen LogP) is 1.82. The molecule has 0 atom stereocenters. The monoisotopic (exact) mass is 262 g/mol. The lowest BCUT2D eigenvalue weighted by Gasteiger charge is -2.26. The first-order valence-corrected chi connectivity index (χ1v) is 6.48. The minimum Gasteiger partial charge on any atom is -0.410 e. The largest absolute Gasteiger partial charge is 0.412 e. The Hall–Kier alpha value is -2.04. The number of carbonyl (C=O) groups excluding carboxylic acids is 2. The van der Waals surface area contributed by atoms with Gasteiger partial charge in [-0.05, 0) is 37.8 Å². The molecule has 2 rings (SSSR count). The van der Waals surface area contributed by atoms with Crippen molar-refractivity contribution in [1.29, 1.82) is 0 Å². The van der Waals surface area contributed by atoms with Gasteiger partial charge in [0.15, 0.2) is 0 Å². The van der Waals surface area contributed by atoms with Gasteiger partial charge in [-0.1, -0.05) is 18.2 Å². The van der Waals surface area contributed by atoms with E-state index in [0.29, 0.717) is 5.75 Å². The molecule has 2 amide bonds. The van der Waals surface area contributed by atoms with Gasteiger partial charge in [0.1, 0.15) is 5.75 Å². The highest BCUT2D eigenvalue weighted by atomic mass is 16.6. The Labute approximate surface area is 112 Å². The molecule has 3 N–H and O–H groups in total. The third-order valence-corrected chi connectivity index (χ3v) is 3.41. The number of rotatable bonds is 3. The first kappa shape index (κ1) is 13.4. The summed E-state index contributed by atoms with van der Waals surface area (Å²) in [6, 6.07) is 8.98. The molecule has 19 heavy (non-hydrogen) atoms. The number of carbonyl (C=O) groups is 2. The van der Waals surface area contributed by atoms with Crippen LogP contribution in [0.25, 0.3) is 0 Å². The van der Waals surface area contributed by atoms with E-state index in [4.69, 9.17) is 10.5 Å². The lowest BCUT2D eigenvalue weighted by molar-refractivity contribution is -0.122. The summed E-state index contributed by atoms with van der Waals surface area (Å²) in [7, 11) is 0. The number of ether oxygens (including phenoxy) is 1. The zero-order valence-corrected chi connectivity index (χ0v) is 10.7. The fourth-order valence-electron chi connectivity index (χ4n) is 2.31. The number of amides is 2. The van der Waals surface area contributed by atoms with Gasteiger partial charge in [-0.15, -0.1) is 0 Å². The zero-order valence-electron chi connectivity index (χ0n) is 10.7. The molecule has 5 heteroatoms. The molecule has 5 nitrogen and oxygen atoms in total. The van der Waals surface area contributed by atoms with Crippen molar-refractivity contribution in [1.82, 2.24) is 5.32 Å². The highest BCUT2D eigenvalue weighted by Crippen LogP contribution is 2.24. The second-order valence-corrected chi connectivity index (χ2v) is 4.80. The minimum atomic E-state index is -0.450. The summed E-state index contributed by atoms with van der Waals surface area (Å²) >= 11 is 0. The second kappa shape index (κ2) is 6.22. The standard InChI is InChI=1S/C14H18N2O3/c15-13(17)10-6-8-11(9-7-10)16-14(18)19-12-4-2-1-3-5-12/h1-5,10-11H,6-9H2,(H2,15,17)(H,16,18). The highest BCUT2D eigenvalue weighted by Gasteiger charge is 2.25. The quantitative estimate of drug-likeness (QED) is 0.871. The van der Waals surface area contributed by atoms with Crippen LogP contribution >= 0.6 is 0 Å². The van der Waals surface area contributed by atoms with E-state index >= 15 is 0 Å². The van der Waals surface area contributed by atoms with Crippen molar-refractivity contribution in [2.75, 3.05) is 0 Å². The third-order valence-electron chi connectivity index (χ3n) is 3.41. The van der Waals surface area contributed by atoms with Gasteiger partial charge in [-0.3, -0.25) is 4.79 Å². The average molecular weight is 262 g/mol. The van der Waals surface area contributed by atoms with Crippen LogP contribution in [0.2, 0.25) is 0 Å². The minimum absolute atomic E-state index is 0.0526. The van der Waals surface area contributed by atoms with Crippen LogP contribution in [0.3, 0.4) is 0 Å². The molecule has 0 aliphatic heterocycles. The summed E-state index contributed by atoms with van der Waals surface area (Å²) in [5.41, 5.74) is 5.27. The third kappa shape index (κ3) is 3.98. The maximum atomic E-state index is 11.7. The zero-order chi connectivity index (χ0) is 13.7. The molecular weight excluding hydrogens is 244 g/mol. The van der Waals surface area contributed by atoms with E-state index in [1.165, 1.54) is 0 Å². The van der Waals surface area contributed by atoms with Crippen molar-refractivity contribution in [2.45, 2.75) is 31.7 Å². The molecule has 1 aromatic carbocycles. The maximum absolute atomic E-state index is 11.7. The Morgan fingerprint density at radius 3 is 2.32 bits per heavy atom. The number of nitrogens with one attached hydrogen (secondary N) is 1. The Morgan fingerprint density at radius 1 is 1.11 bits per heavy atom. The van der Waals surface area contributed by atoms with E-state index in [9.17, 15) is 9.59 Å². The lowest BCUT2D eigenvalue weighted by Crippen LogP contribution is -2.41. The number of nitrogens with two attached hydrogens (primary N) is 1. The van der Waals surface area contributed by atoms with Gasteiger partial charge < -0.3 is 15.8 Å². The van der Waals surface area contributed by atoms with Crippen molar-refractivity contribution in [3.63, 3.8) is 0 Å². The summed E-state index contributed by atoms with van der Waals surface area (Å²) < 4.78 is 5.15. The average Bonchev–Trinajstić information content (AvgIpc) is 2.40. The van der Waals surface area contributed by atoms with Gasteiger partial charge in [0.05, 0.1) is 0 Å². The van der Waals surface area contributed by atoms with E-state index in [2.05, 4.69) is 5.32 Å². The van der Waals surface area contributed by atoms with E-state index in [0.717, 1.165) is 25.7 Å². The summed E-state index contributed by atoms with van der Waals surface area (Å²) in [6.45, 7) is 0. The molecule has 0 radical (unpaired) electrons. The van der Waals surface area contributed by atoms with E-state index in [-0.39, 0.29) is 17.9 Å². The van der Waals surface area contributed by atoms with Crippen LogP contribution in [-0.2, 0) is 4.79 Å². The number of para-hydroxylation sites is 1. The normalized spacial score (nSPS) is 22.5. The smallest absolute Gasteiger partial charge is 0.410 e. The van der Waals surface area contributed by atoms with Crippen LogP contribution in [0.1, 0.15) is 25.7 Å². The molecule has 0 aromatic heterocycles. The molecule has 1 aliphatic carbocycles. The molecule has 1 saturated carbocycles. The fourth-order valence-corrected chi connectivity index (χ4v) is 2.31. The maximum Gasteiger partial charge on any atom is 0.412 e. The summed E-state index contributed by atoms with van der Waals surface area (Å²) in [5.74, 6) is 0.222. The Kier molecular flexibility index (Phi) is 4.39. The van der Waals surface area contributed by atoms with Crippen LogP contribution in [0.15, 0.2) is 30.3 Å². The van der Waals surface area contributed by atoms with Crippen LogP contribution in [-0.4, -0.2) is 18.0 Å². The number of hydrogen-bond donors (Lipinski definition) is 2. The Balaban J connectivity index is 1.76. The fraction of sp³-hybridized carbons (Fsp3) is 0.429. The van der Waals surface area contributed by atoms with Crippen molar-refractivity contribution in [2.24, 2.45) is 11.7 Å². The van der Waals surface area contributed by atoms with E-state index < -0.39 is 6.09 Å². The molecule has 1 aromatic rings. The summed E-state index contributed by atoms with van der Waals surface area (Å²) in [6.07, 6.45) is 2.53. The summed E-state index contributed by atoms with van der Waals surface area (Å²) in [4.78, 5) is 22.7. The molecule has 0 heterocycles. The Bertz CT molecular complexity index is 439. The van der Waals surface area contributed by atoms with Crippen LogP contribution in [0.4, 0.5) is 4.79 Å². The van der Waals surface area contributed by atoms with Crippen molar-refractivity contribution in [3.8, 4) is 5.75 Å². The number of primary amides is 1. The molecule has 1 aliphatic rings. The topological polar surface area (TPSA) is 81.4 Å². The number of benzene rings is 1. The first-order chi connectivity index (χ1) is 9.15. The van der Waals surface area contributed by atoms with Crippen LogP contribution in [0.5, 0.6) is 5.75 Å². The highest BCUT2D eigenvalue weighted by molar-refractivity contribution is 5.76. The first-order valence-electron chi connectivity index (χ1n) is 6.48. The van der Waals surface area contributed by atoms with Crippen molar-refractivity contribution < 1.29 is 14.3 Å². The molecular formula is C14H18N2O3. The van der Waals surface area contributed by atoms with E-state index in [1.807, 2.05) is 6.07 Å². The van der Waals surface area contributed by atoms with Crippen LogP contribution < -0.4 is 15.8 Å². The van der Waals surface area contributed by atoms with Crippen molar-refractivity contribution in [3.05, 3.63) is 30.3 Å². The Morgan fingerprint density at radius 2 is 1.74 bits per heavy atom. The molecule has 0 saturated heterocycles. The predicted molar refractivity (Wildman–Crippen MR) is 70.5 cm³/mol. The van der Waals surface area contributed by atoms with Gasteiger partial charge in [-0.25, -0.2) is 4.79 Å². The molecule has 0 unspecified atom stereocenters. The van der Waals surface area contributed by atoms with Gasteiger partial charge in [0, 0.05) is 12.0 Å². The van der Waals surface area contributed by atoms with Gasteiger partial charge in [0.25, 0.3) is 0 Å². The lowest BCUT2D eigenvalue weighted by atomic mass is 9.86. The summed E-state index contributed by atoms with van der Waals surface area (Å²) in [5, 5.41) is 2.81. The molecule has 0 bridgehead atoms.